The van der Waals surface area contributed by atoms with Crippen molar-refractivity contribution in [2.75, 3.05) is 20.6 Å². The molecular weight excluding hydrogens is 180 g/mol. The van der Waals surface area contributed by atoms with E-state index in [0.29, 0.717) is 0 Å². The van der Waals surface area contributed by atoms with Crippen molar-refractivity contribution in [3.05, 3.63) is 0 Å². The SMILES string of the molecule is CN(C)CC(=O)N(O)C1CCCCC1. The lowest BCUT2D eigenvalue weighted by atomic mass is 9.95. The van der Waals surface area contributed by atoms with Crippen LogP contribution in [0.1, 0.15) is 32.1 Å². The van der Waals surface area contributed by atoms with E-state index in [1.54, 1.807) is 4.90 Å². The number of hydrogen-bond acceptors (Lipinski definition) is 3. The number of carbonyl (C=O) groups excluding carboxylic acids is 1. The Morgan fingerprint density at radius 3 is 2.36 bits per heavy atom. The molecule has 0 aliphatic heterocycles. The number of nitrogens with zero attached hydrogens (tertiary/aromatic N) is 2. The second kappa shape index (κ2) is 5.32. The van der Waals surface area contributed by atoms with Gasteiger partial charge in [0.15, 0.2) is 0 Å². The lowest BCUT2D eigenvalue weighted by Crippen LogP contribution is -2.43. The van der Waals surface area contributed by atoms with Gasteiger partial charge in [-0.25, -0.2) is 5.06 Å². The molecule has 0 bridgehead atoms. The summed E-state index contributed by atoms with van der Waals surface area (Å²) in [6, 6.07) is 0.0520. The van der Waals surface area contributed by atoms with Crippen molar-refractivity contribution in [3.8, 4) is 0 Å². The summed E-state index contributed by atoms with van der Waals surface area (Å²) in [5, 5.41) is 10.6. The highest BCUT2D eigenvalue weighted by atomic mass is 16.5. The van der Waals surface area contributed by atoms with Crippen molar-refractivity contribution in [3.63, 3.8) is 0 Å². The minimum atomic E-state index is -0.193. The molecule has 0 saturated heterocycles. The average Bonchev–Trinajstić information content (AvgIpc) is 2.17. The van der Waals surface area contributed by atoms with Crippen LogP contribution in [0.4, 0.5) is 0 Å². The Morgan fingerprint density at radius 2 is 1.86 bits per heavy atom. The first-order chi connectivity index (χ1) is 6.61. The van der Waals surface area contributed by atoms with Gasteiger partial charge in [0.25, 0.3) is 5.91 Å². The van der Waals surface area contributed by atoms with E-state index in [1.165, 1.54) is 6.42 Å². The monoisotopic (exact) mass is 200 g/mol. The summed E-state index contributed by atoms with van der Waals surface area (Å²) in [4.78, 5) is 13.3. The molecule has 0 aromatic heterocycles. The molecule has 1 rings (SSSR count). The molecule has 4 heteroatoms. The lowest BCUT2D eigenvalue weighted by molar-refractivity contribution is -0.179. The van der Waals surface area contributed by atoms with Crippen LogP contribution in [0.3, 0.4) is 0 Å². The topological polar surface area (TPSA) is 43.8 Å². The largest absolute Gasteiger partial charge is 0.301 e. The second-order valence-corrected chi connectivity index (χ2v) is 4.27. The highest BCUT2D eigenvalue weighted by Gasteiger charge is 2.23. The molecule has 0 heterocycles. The molecule has 14 heavy (non-hydrogen) atoms. The number of carbonyl (C=O) groups is 1. The van der Waals surface area contributed by atoms with E-state index in [0.717, 1.165) is 30.7 Å². The highest BCUT2D eigenvalue weighted by Crippen LogP contribution is 2.21. The number of hydrogen-bond donors (Lipinski definition) is 1. The van der Waals surface area contributed by atoms with Crippen LogP contribution in [0.15, 0.2) is 0 Å². The maximum atomic E-state index is 11.5. The fraction of sp³-hybridized carbons (Fsp3) is 0.900. The quantitative estimate of drug-likeness (QED) is 0.548. The predicted molar refractivity (Wildman–Crippen MR) is 54.1 cm³/mol. The molecule has 82 valence electrons. The highest BCUT2D eigenvalue weighted by molar-refractivity contribution is 5.77. The minimum Gasteiger partial charge on any atom is -0.301 e. The normalized spacial score (nSPS) is 18.6. The van der Waals surface area contributed by atoms with E-state index in [2.05, 4.69) is 0 Å². The van der Waals surface area contributed by atoms with Gasteiger partial charge in [-0.15, -0.1) is 0 Å². The molecule has 1 aliphatic carbocycles. The van der Waals surface area contributed by atoms with Crippen molar-refractivity contribution >= 4 is 5.91 Å². The molecule has 1 saturated carbocycles. The van der Waals surface area contributed by atoms with Gasteiger partial charge in [0, 0.05) is 0 Å². The van der Waals surface area contributed by atoms with E-state index < -0.39 is 0 Å². The Morgan fingerprint density at radius 1 is 1.29 bits per heavy atom. The molecule has 0 radical (unpaired) electrons. The molecular formula is C10H20N2O2. The van der Waals surface area contributed by atoms with Gasteiger partial charge in [-0.3, -0.25) is 10.0 Å². The molecule has 1 N–H and O–H groups in total. The third-order valence-corrected chi connectivity index (χ3v) is 2.63. The summed E-state index contributed by atoms with van der Waals surface area (Å²) in [6.07, 6.45) is 5.35. The van der Waals surface area contributed by atoms with E-state index in [1.807, 2.05) is 14.1 Å². The van der Waals surface area contributed by atoms with Crippen LogP contribution in [0.2, 0.25) is 0 Å². The number of likely N-dealkylation sites (N-methyl/N-ethyl adjacent to an activating group) is 1. The summed E-state index contributed by atoms with van der Waals surface area (Å²) in [5.74, 6) is -0.193. The second-order valence-electron chi connectivity index (χ2n) is 4.27. The van der Waals surface area contributed by atoms with Crippen LogP contribution in [-0.2, 0) is 4.79 Å². The molecule has 0 aromatic carbocycles. The molecule has 1 fully saturated rings. The summed E-state index contributed by atoms with van der Waals surface area (Å²) in [6.45, 7) is 0.285. The van der Waals surface area contributed by atoms with Crippen molar-refractivity contribution in [1.82, 2.24) is 9.96 Å². The van der Waals surface area contributed by atoms with Crippen molar-refractivity contribution in [2.45, 2.75) is 38.1 Å². The van der Waals surface area contributed by atoms with E-state index in [-0.39, 0.29) is 18.5 Å². The Kier molecular flexibility index (Phi) is 4.35. The van der Waals surface area contributed by atoms with Gasteiger partial charge in [-0.05, 0) is 26.9 Å². The van der Waals surface area contributed by atoms with E-state index in [9.17, 15) is 10.0 Å². The van der Waals surface area contributed by atoms with Crippen LogP contribution >= 0.6 is 0 Å². The van der Waals surface area contributed by atoms with E-state index >= 15 is 0 Å². The molecule has 1 aliphatic rings. The van der Waals surface area contributed by atoms with Gasteiger partial charge >= 0.3 is 0 Å². The summed E-state index contributed by atoms with van der Waals surface area (Å²) >= 11 is 0. The lowest BCUT2D eigenvalue weighted by Gasteiger charge is -2.29. The molecule has 0 spiro atoms. The number of amides is 1. The van der Waals surface area contributed by atoms with Crippen molar-refractivity contribution < 1.29 is 10.0 Å². The van der Waals surface area contributed by atoms with Crippen LogP contribution in [0.5, 0.6) is 0 Å². The van der Waals surface area contributed by atoms with Crippen molar-refractivity contribution in [2.24, 2.45) is 0 Å². The Bertz CT molecular complexity index is 189. The van der Waals surface area contributed by atoms with Gasteiger partial charge in [-0.1, -0.05) is 19.3 Å². The zero-order valence-electron chi connectivity index (χ0n) is 9.07. The summed E-state index contributed by atoms with van der Waals surface area (Å²) in [5.41, 5.74) is 0. The van der Waals surface area contributed by atoms with Gasteiger partial charge in [0.1, 0.15) is 0 Å². The maximum Gasteiger partial charge on any atom is 0.260 e. The molecule has 4 nitrogen and oxygen atoms in total. The molecule has 0 aromatic rings. The van der Waals surface area contributed by atoms with Gasteiger partial charge in [0.2, 0.25) is 0 Å². The van der Waals surface area contributed by atoms with Gasteiger partial charge in [0.05, 0.1) is 12.6 Å². The van der Waals surface area contributed by atoms with E-state index in [4.69, 9.17) is 0 Å². The zero-order valence-corrected chi connectivity index (χ0v) is 9.07. The summed E-state index contributed by atoms with van der Waals surface area (Å²) in [7, 11) is 3.65. The number of hydroxylamine groups is 2. The fourth-order valence-electron chi connectivity index (χ4n) is 1.87. The Labute approximate surface area is 85.4 Å². The standard InChI is InChI=1S/C10H20N2O2/c1-11(2)8-10(13)12(14)9-6-4-3-5-7-9/h9,14H,3-8H2,1-2H3. The zero-order chi connectivity index (χ0) is 10.6. The van der Waals surface area contributed by atoms with Gasteiger partial charge < -0.3 is 4.90 Å². The third kappa shape index (κ3) is 3.27. The number of rotatable bonds is 3. The Balaban J connectivity index is 2.38. The van der Waals surface area contributed by atoms with Crippen LogP contribution in [0.25, 0.3) is 0 Å². The third-order valence-electron chi connectivity index (χ3n) is 2.63. The molecule has 0 unspecified atom stereocenters. The molecule has 1 amide bonds. The predicted octanol–water partition coefficient (Wildman–Crippen LogP) is 1.10. The summed E-state index contributed by atoms with van der Waals surface area (Å²) < 4.78 is 0. The maximum absolute atomic E-state index is 11.5. The molecule has 0 atom stereocenters. The first kappa shape index (κ1) is 11.5. The minimum absolute atomic E-state index is 0.0520. The smallest absolute Gasteiger partial charge is 0.260 e. The van der Waals surface area contributed by atoms with Crippen LogP contribution in [0, 0.1) is 0 Å². The van der Waals surface area contributed by atoms with Crippen molar-refractivity contribution in [1.29, 1.82) is 0 Å². The first-order valence-electron chi connectivity index (χ1n) is 5.27. The van der Waals surface area contributed by atoms with Gasteiger partial charge in [-0.2, -0.15) is 0 Å². The Hall–Kier alpha value is -0.610. The fourth-order valence-corrected chi connectivity index (χ4v) is 1.87. The average molecular weight is 200 g/mol. The van der Waals surface area contributed by atoms with Crippen LogP contribution in [-0.4, -0.2) is 47.8 Å². The van der Waals surface area contributed by atoms with Crippen LogP contribution < -0.4 is 0 Å². The first-order valence-corrected chi connectivity index (χ1v) is 5.27.